The van der Waals surface area contributed by atoms with Gasteiger partial charge >= 0.3 is 11.9 Å². The van der Waals surface area contributed by atoms with E-state index in [0.717, 1.165) is 44.9 Å². The van der Waals surface area contributed by atoms with Crippen LogP contribution >= 0.6 is 0 Å². The van der Waals surface area contributed by atoms with Crippen LogP contribution in [0.15, 0.2) is 60.8 Å². The number of carbonyl (C=O) groups excluding carboxylic acids is 1. The highest BCUT2D eigenvalue weighted by atomic mass is 16.5. The Kier molecular flexibility index (Phi) is 19.7. The van der Waals surface area contributed by atoms with Crippen LogP contribution < -0.4 is 0 Å². The Balaban J connectivity index is 3.88. The maximum absolute atomic E-state index is 11.9. The van der Waals surface area contributed by atoms with Crippen LogP contribution in [0.1, 0.15) is 84.5 Å². The average molecular weight is 417 g/mol. The number of hydrogen-bond donors (Lipinski definition) is 1. The number of carbonyl (C=O) groups is 2. The van der Waals surface area contributed by atoms with Gasteiger partial charge in [-0.15, -0.1) is 0 Å². The Morgan fingerprint density at radius 3 is 1.73 bits per heavy atom. The highest BCUT2D eigenvalue weighted by Gasteiger charge is 2.13. The maximum Gasteiger partial charge on any atom is 0.309 e. The molecule has 1 unspecified atom stereocenters. The molecule has 4 nitrogen and oxygen atoms in total. The maximum atomic E-state index is 11.9. The largest absolute Gasteiger partial charge is 0.481 e. The molecule has 0 aliphatic carbocycles. The van der Waals surface area contributed by atoms with E-state index in [9.17, 15) is 9.59 Å². The summed E-state index contributed by atoms with van der Waals surface area (Å²) in [6.07, 6.45) is 28.8. The van der Waals surface area contributed by atoms with Crippen molar-refractivity contribution in [3.8, 4) is 0 Å². The topological polar surface area (TPSA) is 63.6 Å². The quantitative estimate of drug-likeness (QED) is 0.191. The first-order valence-corrected chi connectivity index (χ1v) is 11.3. The van der Waals surface area contributed by atoms with Crippen LogP contribution in [-0.4, -0.2) is 23.1 Å². The van der Waals surface area contributed by atoms with E-state index in [1.54, 1.807) is 0 Å². The number of aliphatic carboxylic acids is 1. The molecule has 1 N–H and O–H groups in total. The SMILES string of the molecule is CC/C=C\C/C=C\C/C=C\C/C=C\C/C=C\CC(=O)OC(CCC)CCCC(=O)O. The third kappa shape index (κ3) is 20.4. The van der Waals surface area contributed by atoms with Crippen molar-refractivity contribution in [2.24, 2.45) is 0 Å². The van der Waals surface area contributed by atoms with Gasteiger partial charge in [-0.3, -0.25) is 9.59 Å². The minimum Gasteiger partial charge on any atom is -0.481 e. The Morgan fingerprint density at radius 1 is 0.767 bits per heavy atom. The first-order valence-electron chi connectivity index (χ1n) is 11.3. The molecule has 0 saturated heterocycles. The zero-order valence-corrected chi connectivity index (χ0v) is 18.8. The molecule has 4 heteroatoms. The van der Waals surface area contributed by atoms with Crippen molar-refractivity contribution in [3.05, 3.63) is 60.8 Å². The van der Waals surface area contributed by atoms with E-state index in [0.29, 0.717) is 12.8 Å². The fourth-order valence-corrected chi connectivity index (χ4v) is 2.73. The van der Waals surface area contributed by atoms with E-state index < -0.39 is 5.97 Å². The molecule has 0 radical (unpaired) electrons. The standard InChI is InChI=1S/C26H40O4/c1-3-5-6-7-8-9-10-11-12-13-14-15-16-17-18-23-26(29)30-24(20-4-2)21-19-22-25(27)28/h5-6,8-9,11-12,14-15,17-18,24H,3-4,7,10,13,16,19-23H2,1-2H3,(H,27,28)/b6-5-,9-8-,12-11-,15-14-,18-17-. The number of carboxylic acid groups (broad SMARTS) is 1. The van der Waals surface area contributed by atoms with E-state index in [1.807, 2.05) is 19.1 Å². The van der Waals surface area contributed by atoms with Gasteiger partial charge in [0.2, 0.25) is 0 Å². The molecule has 168 valence electrons. The van der Waals surface area contributed by atoms with Gasteiger partial charge in [0.15, 0.2) is 0 Å². The van der Waals surface area contributed by atoms with E-state index in [4.69, 9.17) is 9.84 Å². The molecule has 0 amide bonds. The summed E-state index contributed by atoms with van der Waals surface area (Å²) in [4.78, 5) is 22.5. The molecular weight excluding hydrogens is 376 g/mol. The number of rotatable bonds is 18. The van der Waals surface area contributed by atoms with Gasteiger partial charge in [0.05, 0.1) is 6.42 Å². The minimum absolute atomic E-state index is 0.118. The van der Waals surface area contributed by atoms with Gasteiger partial charge in [-0.25, -0.2) is 0 Å². The molecular formula is C26H40O4. The number of allylic oxidation sites excluding steroid dienone is 9. The number of ether oxygens (including phenoxy) is 1. The molecule has 0 bridgehead atoms. The van der Waals surface area contributed by atoms with Gasteiger partial charge in [-0.2, -0.15) is 0 Å². The molecule has 0 aliphatic heterocycles. The van der Waals surface area contributed by atoms with Gasteiger partial charge in [-0.05, 0) is 51.4 Å². The third-order valence-corrected chi connectivity index (χ3v) is 4.27. The Morgan fingerprint density at radius 2 is 1.27 bits per heavy atom. The molecule has 0 aromatic carbocycles. The smallest absolute Gasteiger partial charge is 0.309 e. The van der Waals surface area contributed by atoms with Gasteiger partial charge < -0.3 is 9.84 Å². The van der Waals surface area contributed by atoms with E-state index in [2.05, 4.69) is 55.5 Å². The van der Waals surface area contributed by atoms with Crippen LogP contribution in [0.3, 0.4) is 0 Å². The summed E-state index contributed by atoms with van der Waals surface area (Å²) in [7, 11) is 0. The zero-order chi connectivity index (χ0) is 22.3. The molecule has 0 heterocycles. The Labute approximate surface area is 183 Å². The van der Waals surface area contributed by atoms with Crippen molar-refractivity contribution in [1.82, 2.24) is 0 Å². The normalized spacial score (nSPS) is 13.4. The van der Waals surface area contributed by atoms with Gasteiger partial charge in [0, 0.05) is 6.42 Å². The lowest BCUT2D eigenvalue weighted by molar-refractivity contribution is -0.148. The second kappa shape index (κ2) is 21.4. The summed E-state index contributed by atoms with van der Waals surface area (Å²) in [6, 6.07) is 0. The average Bonchev–Trinajstić information content (AvgIpc) is 2.70. The van der Waals surface area contributed by atoms with Crippen molar-refractivity contribution in [2.75, 3.05) is 0 Å². The van der Waals surface area contributed by atoms with E-state index >= 15 is 0 Å². The summed E-state index contributed by atoms with van der Waals surface area (Å²) in [5.41, 5.74) is 0. The molecule has 0 aromatic heterocycles. The van der Waals surface area contributed by atoms with Crippen molar-refractivity contribution in [3.63, 3.8) is 0 Å². The molecule has 0 fully saturated rings. The summed E-state index contributed by atoms with van der Waals surface area (Å²) in [5.74, 6) is -1.06. The second-order valence-corrected chi connectivity index (χ2v) is 7.10. The van der Waals surface area contributed by atoms with Crippen molar-refractivity contribution in [1.29, 1.82) is 0 Å². The molecule has 0 saturated carbocycles. The van der Waals surface area contributed by atoms with Crippen molar-refractivity contribution < 1.29 is 19.4 Å². The highest BCUT2D eigenvalue weighted by molar-refractivity contribution is 5.71. The van der Waals surface area contributed by atoms with Crippen molar-refractivity contribution >= 4 is 11.9 Å². The number of carboxylic acids is 1. The molecule has 0 aliphatic rings. The molecule has 1 atom stereocenters. The van der Waals surface area contributed by atoms with Crippen molar-refractivity contribution in [2.45, 2.75) is 90.6 Å². The van der Waals surface area contributed by atoms with Gasteiger partial charge in [-0.1, -0.05) is 81.0 Å². The number of hydrogen-bond acceptors (Lipinski definition) is 3. The fraction of sp³-hybridized carbons (Fsp3) is 0.538. The highest BCUT2D eigenvalue weighted by Crippen LogP contribution is 2.12. The van der Waals surface area contributed by atoms with Crippen LogP contribution in [0.4, 0.5) is 0 Å². The van der Waals surface area contributed by atoms with E-state index in [-0.39, 0.29) is 24.9 Å². The summed E-state index contributed by atoms with van der Waals surface area (Å²) < 4.78 is 5.47. The number of esters is 1. The first kappa shape index (κ1) is 27.6. The Bertz CT molecular complexity index is 582. The lowest BCUT2D eigenvalue weighted by atomic mass is 10.1. The lowest BCUT2D eigenvalue weighted by Crippen LogP contribution is -2.18. The van der Waals surface area contributed by atoms with Crippen LogP contribution in [-0.2, 0) is 14.3 Å². The first-order chi connectivity index (χ1) is 14.6. The molecule has 30 heavy (non-hydrogen) atoms. The van der Waals surface area contributed by atoms with Gasteiger partial charge in [0.1, 0.15) is 6.10 Å². The van der Waals surface area contributed by atoms with Crippen LogP contribution in [0.5, 0.6) is 0 Å². The lowest BCUT2D eigenvalue weighted by Gasteiger charge is -2.16. The summed E-state index contributed by atoms with van der Waals surface area (Å²) in [5, 5.41) is 8.71. The molecule has 0 aromatic rings. The van der Waals surface area contributed by atoms with Crippen LogP contribution in [0.2, 0.25) is 0 Å². The zero-order valence-electron chi connectivity index (χ0n) is 18.8. The summed E-state index contributed by atoms with van der Waals surface area (Å²) in [6.45, 7) is 4.17. The van der Waals surface area contributed by atoms with Crippen LogP contribution in [0, 0.1) is 0 Å². The minimum atomic E-state index is -0.810. The monoisotopic (exact) mass is 416 g/mol. The summed E-state index contributed by atoms with van der Waals surface area (Å²) >= 11 is 0. The predicted octanol–water partition coefficient (Wildman–Crippen LogP) is 7.09. The van der Waals surface area contributed by atoms with Gasteiger partial charge in [0.25, 0.3) is 0 Å². The second-order valence-electron chi connectivity index (χ2n) is 7.10. The third-order valence-electron chi connectivity index (χ3n) is 4.27. The Hall–Kier alpha value is -2.36. The molecule has 0 spiro atoms. The fourth-order valence-electron chi connectivity index (χ4n) is 2.73. The molecule has 0 rings (SSSR count). The van der Waals surface area contributed by atoms with E-state index in [1.165, 1.54) is 0 Å². The predicted molar refractivity (Wildman–Crippen MR) is 125 cm³/mol. The van der Waals surface area contributed by atoms with Crippen LogP contribution in [0.25, 0.3) is 0 Å².